The van der Waals surface area contributed by atoms with Gasteiger partial charge in [-0.05, 0) is 35.6 Å². The number of benzene rings is 1. The number of aromatic nitrogens is 2. The first-order valence-corrected chi connectivity index (χ1v) is 8.49. The van der Waals surface area contributed by atoms with Crippen molar-refractivity contribution in [3.8, 4) is 11.4 Å². The standard InChI is InChI=1S/C19H28N4O2/c1-13(2)14-6-8-15(9-7-14)23-10-16(24)17(21-23)18(25)22(5)12-19(3,4)11-20/h6-10,13,24H,11-12,20H2,1-5H3. The van der Waals surface area contributed by atoms with Crippen molar-refractivity contribution in [1.82, 2.24) is 14.7 Å². The van der Waals surface area contributed by atoms with Gasteiger partial charge in [-0.25, -0.2) is 4.68 Å². The number of hydrogen-bond donors (Lipinski definition) is 2. The first-order valence-electron chi connectivity index (χ1n) is 8.49. The van der Waals surface area contributed by atoms with Gasteiger partial charge in [-0.15, -0.1) is 0 Å². The van der Waals surface area contributed by atoms with Crippen LogP contribution in [0.2, 0.25) is 0 Å². The molecule has 0 aliphatic rings. The molecular weight excluding hydrogens is 316 g/mol. The zero-order valence-electron chi connectivity index (χ0n) is 15.7. The van der Waals surface area contributed by atoms with Gasteiger partial charge in [-0.2, -0.15) is 5.10 Å². The molecule has 2 aromatic rings. The third-order valence-electron chi connectivity index (χ3n) is 4.29. The van der Waals surface area contributed by atoms with Gasteiger partial charge in [-0.3, -0.25) is 4.79 Å². The minimum absolute atomic E-state index is 0.0447. The minimum atomic E-state index is -0.323. The zero-order chi connectivity index (χ0) is 18.8. The molecule has 0 aliphatic heterocycles. The maximum Gasteiger partial charge on any atom is 0.278 e. The average molecular weight is 344 g/mol. The predicted molar refractivity (Wildman–Crippen MR) is 99.1 cm³/mol. The van der Waals surface area contributed by atoms with Crippen molar-refractivity contribution < 1.29 is 9.90 Å². The molecule has 1 heterocycles. The lowest BCUT2D eigenvalue weighted by atomic mass is 9.93. The first-order chi connectivity index (χ1) is 11.6. The number of hydrogen-bond acceptors (Lipinski definition) is 4. The molecule has 2 rings (SSSR count). The summed E-state index contributed by atoms with van der Waals surface area (Å²) in [5.41, 5.74) is 7.59. The maximum atomic E-state index is 12.6. The van der Waals surface area contributed by atoms with Crippen molar-refractivity contribution in [2.24, 2.45) is 11.1 Å². The molecule has 0 radical (unpaired) electrons. The van der Waals surface area contributed by atoms with Crippen molar-refractivity contribution in [3.63, 3.8) is 0 Å². The molecule has 0 saturated heterocycles. The Hall–Kier alpha value is -2.34. The molecule has 1 aromatic heterocycles. The Bertz CT molecular complexity index is 732. The normalized spacial score (nSPS) is 11.8. The van der Waals surface area contributed by atoms with E-state index in [1.54, 1.807) is 11.9 Å². The summed E-state index contributed by atoms with van der Waals surface area (Å²) in [5, 5.41) is 14.4. The van der Waals surface area contributed by atoms with Crippen LogP contribution in [0.4, 0.5) is 0 Å². The highest BCUT2D eigenvalue weighted by atomic mass is 16.3. The molecule has 0 atom stereocenters. The Labute approximate surface area is 149 Å². The van der Waals surface area contributed by atoms with Crippen LogP contribution in [0, 0.1) is 5.41 Å². The summed E-state index contributed by atoms with van der Waals surface area (Å²) in [4.78, 5) is 14.1. The fourth-order valence-electron chi connectivity index (χ4n) is 2.62. The Kier molecular flexibility index (Phi) is 5.52. The smallest absolute Gasteiger partial charge is 0.278 e. The van der Waals surface area contributed by atoms with E-state index in [9.17, 15) is 9.90 Å². The third-order valence-corrected chi connectivity index (χ3v) is 4.29. The van der Waals surface area contributed by atoms with Gasteiger partial charge in [0, 0.05) is 13.6 Å². The van der Waals surface area contributed by atoms with E-state index < -0.39 is 0 Å². The van der Waals surface area contributed by atoms with Gasteiger partial charge in [0.2, 0.25) is 0 Å². The fourth-order valence-corrected chi connectivity index (χ4v) is 2.62. The Morgan fingerprint density at radius 1 is 1.32 bits per heavy atom. The molecule has 0 spiro atoms. The zero-order valence-corrected chi connectivity index (χ0v) is 15.7. The van der Waals surface area contributed by atoms with Gasteiger partial charge in [0.25, 0.3) is 5.91 Å². The van der Waals surface area contributed by atoms with Crippen LogP contribution in [0.25, 0.3) is 5.69 Å². The maximum absolute atomic E-state index is 12.6. The van der Waals surface area contributed by atoms with E-state index in [-0.39, 0.29) is 22.8 Å². The molecule has 0 fully saturated rings. The van der Waals surface area contributed by atoms with Crippen molar-refractivity contribution >= 4 is 5.91 Å². The molecule has 1 amide bonds. The van der Waals surface area contributed by atoms with Crippen LogP contribution in [0.5, 0.6) is 5.75 Å². The second-order valence-electron chi connectivity index (χ2n) is 7.58. The van der Waals surface area contributed by atoms with Gasteiger partial charge < -0.3 is 15.7 Å². The van der Waals surface area contributed by atoms with E-state index >= 15 is 0 Å². The van der Waals surface area contributed by atoms with E-state index in [1.165, 1.54) is 16.4 Å². The number of carbonyl (C=O) groups is 1. The fraction of sp³-hybridized carbons (Fsp3) is 0.474. The Balaban J connectivity index is 2.23. The SMILES string of the molecule is CC(C)c1ccc(-n2cc(O)c(C(=O)N(C)CC(C)(C)CN)n2)cc1. The second kappa shape index (κ2) is 7.27. The highest BCUT2D eigenvalue weighted by Gasteiger charge is 2.25. The Morgan fingerprint density at radius 3 is 2.44 bits per heavy atom. The number of nitrogens with zero attached hydrogens (tertiary/aromatic N) is 3. The first kappa shape index (κ1) is 19.0. The van der Waals surface area contributed by atoms with Crippen LogP contribution in [-0.2, 0) is 0 Å². The molecule has 3 N–H and O–H groups in total. The summed E-state index contributed by atoms with van der Waals surface area (Å²) in [6.45, 7) is 9.19. The van der Waals surface area contributed by atoms with Gasteiger partial charge in [0.1, 0.15) is 0 Å². The topological polar surface area (TPSA) is 84.4 Å². The quantitative estimate of drug-likeness (QED) is 0.844. The summed E-state index contributed by atoms with van der Waals surface area (Å²) >= 11 is 0. The summed E-state index contributed by atoms with van der Waals surface area (Å²) in [6.07, 6.45) is 1.46. The lowest BCUT2D eigenvalue weighted by Crippen LogP contribution is -2.40. The van der Waals surface area contributed by atoms with Crippen LogP contribution < -0.4 is 5.73 Å². The van der Waals surface area contributed by atoms with E-state index in [1.807, 2.05) is 38.1 Å². The number of carbonyl (C=O) groups excluding carboxylic acids is 1. The van der Waals surface area contributed by atoms with Crippen molar-refractivity contribution in [3.05, 3.63) is 41.7 Å². The van der Waals surface area contributed by atoms with Gasteiger partial charge in [0.05, 0.1) is 11.9 Å². The molecule has 25 heavy (non-hydrogen) atoms. The molecule has 0 aliphatic carbocycles. The van der Waals surface area contributed by atoms with Crippen molar-refractivity contribution in [2.75, 3.05) is 20.1 Å². The van der Waals surface area contributed by atoms with Gasteiger partial charge >= 0.3 is 0 Å². The van der Waals surface area contributed by atoms with Crippen LogP contribution >= 0.6 is 0 Å². The molecule has 6 heteroatoms. The lowest BCUT2D eigenvalue weighted by molar-refractivity contribution is 0.0731. The Morgan fingerprint density at radius 2 is 1.92 bits per heavy atom. The van der Waals surface area contributed by atoms with Crippen molar-refractivity contribution in [1.29, 1.82) is 0 Å². The molecule has 0 saturated carbocycles. The summed E-state index contributed by atoms with van der Waals surface area (Å²) in [7, 11) is 1.69. The number of aromatic hydroxyl groups is 1. The second-order valence-corrected chi connectivity index (χ2v) is 7.58. The van der Waals surface area contributed by atoms with Crippen LogP contribution in [0.3, 0.4) is 0 Å². The van der Waals surface area contributed by atoms with E-state index in [0.29, 0.717) is 19.0 Å². The average Bonchev–Trinajstić information content (AvgIpc) is 2.95. The summed E-state index contributed by atoms with van der Waals surface area (Å²) < 4.78 is 1.52. The van der Waals surface area contributed by atoms with Crippen molar-refractivity contribution in [2.45, 2.75) is 33.6 Å². The van der Waals surface area contributed by atoms with Crippen LogP contribution in [0.15, 0.2) is 30.5 Å². The van der Waals surface area contributed by atoms with E-state index in [4.69, 9.17) is 5.73 Å². The number of nitrogens with two attached hydrogens (primary N) is 1. The van der Waals surface area contributed by atoms with Gasteiger partial charge in [-0.1, -0.05) is 39.8 Å². The summed E-state index contributed by atoms with van der Waals surface area (Å²) in [5.74, 6) is -0.0105. The molecule has 6 nitrogen and oxygen atoms in total. The highest BCUT2D eigenvalue weighted by molar-refractivity contribution is 5.94. The summed E-state index contributed by atoms with van der Waals surface area (Å²) in [6, 6.07) is 7.90. The van der Waals surface area contributed by atoms with Crippen LogP contribution in [-0.4, -0.2) is 45.8 Å². The number of amides is 1. The third kappa shape index (κ3) is 4.39. The predicted octanol–water partition coefficient (Wildman–Crippen LogP) is 2.76. The molecule has 0 unspecified atom stereocenters. The molecule has 136 valence electrons. The molecule has 1 aromatic carbocycles. The minimum Gasteiger partial charge on any atom is -0.504 e. The van der Waals surface area contributed by atoms with E-state index in [0.717, 1.165) is 5.69 Å². The largest absolute Gasteiger partial charge is 0.504 e. The number of rotatable bonds is 6. The van der Waals surface area contributed by atoms with Crippen LogP contribution in [0.1, 0.15) is 49.7 Å². The molecule has 0 bridgehead atoms. The van der Waals surface area contributed by atoms with E-state index in [2.05, 4.69) is 18.9 Å². The van der Waals surface area contributed by atoms with Gasteiger partial charge in [0.15, 0.2) is 11.4 Å². The highest BCUT2D eigenvalue weighted by Crippen LogP contribution is 2.23. The molecular formula is C19H28N4O2. The lowest BCUT2D eigenvalue weighted by Gasteiger charge is -2.28. The monoisotopic (exact) mass is 344 g/mol.